The van der Waals surface area contributed by atoms with Crippen LogP contribution in [0.5, 0.6) is 0 Å². The molecule has 4 aromatic rings. The van der Waals surface area contributed by atoms with E-state index >= 15 is 0 Å². The zero-order valence-corrected chi connectivity index (χ0v) is 21.5. The van der Waals surface area contributed by atoms with Crippen LogP contribution in [0.25, 0.3) is 11.0 Å². The number of carbonyl (C=O) groups is 2. The molecule has 9 heteroatoms. The third-order valence-corrected chi connectivity index (χ3v) is 6.46. The highest BCUT2D eigenvalue weighted by Crippen LogP contribution is 2.27. The van der Waals surface area contributed by atoms with Crippen molar-refractivity contribution in [1.29, 1.82) is 0 Å². The number of carbonyl (C=O) groups excluding carboxylic acids is 2. The Hall–Kier alpha value is -3.78. The van der Waals surface area contributed by atoms with Crippen molar-refractivity contribution >= 4 is 34.4 Å². The first-order valence-electron chi connectivity index (χ1n) is 12.2. The molecular weight excluding hydrogens is 493 g/mol. The van der Waals surface area contributed by atoms with Gasteiger partial charge in [-0.15, -0.1) is 5.10 Å². The fraction of sp³-hybridized carbons (Fsp3) is 0.286. The van der Waals surface area contributed by atoms with Crippen molar-refractivity contribution in [3.8, 4) is 0 Å². The van der Waals surface area contributed by atoms with Crippen molar-refractivity contribution in [1.82, 2.24) is 25.2 Å². The summed E-state index contributed by atoms with van der Waals surface area (Å²) in [6.07, 6.45) is 0.783. The Kier molecular flexibility index (Phi) is 8.50. The maximum absolute atomic E-state index is 13.9. The monoisotopic (exact) mass is 521 g/mol. The number of hydrogen-bond acceptors (Lipinski definition) is 4. The molecule has 192 valence electrons. The highest BCUT2D eigenvalue weighted by Gasteiger charge is 2.32. The van der Waals surface area contributed by atoms with E-state index in [0.717, 1.165) is 6.42 Å². The normalized spacial score (nSPS) is 12.0. The maximum atomic E-state index is 13.9. The second-order valence-electron chi connectivity index (χ2n) is 9.28. The Morgan fingerprint density at radius 2 is 1.73 bits per heavy atom. The molecule has 0 aliphatic rings. The van der Waals surface area contributed by atoms with Crippen molar-refractivity contribution < 1.29 is 14.0 Å². The summed E-state index contributed by atoms with van der Waals surface area (Å²) < 4.78 is 15.3. The molecule has 37 heavy (non-hydrogen) atoms. The van der Waals surface area contributed by atoms with Crippen LogP contribution in [0, 0.1) is 11.7 Å². The van der Waals surface area contributed by atoms with Gasteiger partial charge in [-0.2, -0.15) is 0 Å². The molecule has 1 aromatic heterocycles. The number of nitrogens with one attached hydrogen (secondary N) is 1. The molecule has 4 rings (SSSR count). The molecule has 0 radical (unpaired) electrons. The summed E-state index contributed by atoms with van der Waals surface area (Å²) in [7, 11) is 0. The van der Waals surface area contributed by atoms with Crippen molar-refractivity contribution in [2.75, 3.05) is 6.54 Å². The van der Waals surface area contributed by atoms with E-state index < -0.39 is 11.9 Å². The second kappa shape index (κ2) is 12.0. The van der Waals surface area contributed by atoms with Crippen LogP contribution in [0.3, 0.4) is 0 Å². The Morgan fingerprint density at radius 3 is 2.46 bits per heavy atom. The molecule has 1 N–H and O–H groups in total. The van der Waals surface area contributed by atoms with Gasteiger partial charge in [0, 0.05) is 18.1 Å². The van der Waals surface area contributed by atoms with Crippen LogP contribution in [-0.4, -0.2) is 38.3 Å². The van der Waals surface area contributed by atoms with E-state index in [1.54, 1.807) is 12.1 Å². The molecule has 0 saturated heterocycles. The smallest absolute Gasteiger partial charge is 0.247 e. The zero-order valence-electron chi connectivity index (χ0n) is 20.8. The molecule has 7 nitrogen and oxygen atoms in total. The highest BCUT2D eigenvalue weighted by atomic mass is 35.5. The lowest BCUT2D eigenvalue weighted by Crippen LogP contribution is -2.45. The first-order chi connectivity index (χ1) is 17.8. The summed E-state index contributed by atoms with van der Waals surface area (Å²) in [6, 6.07) is 19.1. The number of nitrogens with zero attached hydrogens (tertiary/aromatic N) is 4. The lowest BCUT2D eigenvalue weighted by Gasteiger charge is -2.32. The summed E-state index contributed by atoms with van der Waals surface area (Å²) in [5, 5.41) is 11.7. The summed E-state index contributed by atoms with van der Waals surface area (Å²) in [5.41, 5.74) is 2.54. The predicted molar refractivity (Wildman–Crippen MR) is 141 cm³/mol. The number of benzene rings is 3. The summed E-state index contributed by atoms with van der Waals surface area (Å²) >= 11 is 6.45. The van der Waals surface area contributed by atoms with Gasteiger partial charge in [0.1, 0.15) is 23.9 Å². The predicted octanol–water partition coefficient (Wildman–Crippen LogP) is 5.16. The van der Waals surface area contributed by atoms with E-state index in [9.17, 15) is 14.0 Å². The van der Waals surface area contributed by atoms with Gasteiger partial charge in [0.2, 0.25) is 11.8 Å². The van der Waals surface area contributed by atoms with E-state index in [1.807, 2.05) is 36.4 Å². The molecule has 0 aliphatic carbocycles. The molecule has 2 amide bonds. The number of halogens is 2. The number of fused-ring (bicyclic) bond motifs is 1. The maximum Gasteiger partial charge on any atom is 0.247 e. The molecule has 0 unspecified atom stereocenters. The van der Waals surface area contributed by atoms with E-state index in [1.165, 1.54) is 33.8 Å². The van der Waals surface area contributed by atoms with Gasteiger partial charge in [0.05, 0.1) is 5.52 Å². The Labute approximate surface area is 220 Å². The van der Waals surface area contributed by atoms with Gasteiger partial charge in [-0.25, -0.2) is 9.07 Å². The molecule has 1 atom stereocenters. The van der Waals surface area contributed by atoms with Crippen LogP contribution in [0.1, 0.15) is 37.4 Å². The van der Waals surface area contributed by atoms with Crippen molar-refractivity contribution in [3.05, 3.63) is 94.8 Å². The van der Waals surface area contributed by atoms with Crippen molar-refractivity contribution in [2.45, 2.75) is 39.4 Å². The fourth-order valence-electron chi connectivity index (χ4n) is 4.09. The first-order valence-corrected chi connectivity index (χ1v) is 12.6. The molecular formula is C28H29ClFN5O2. The van der Waals surface area contributed by atoms with E-state index in [-0.39, 0.29) is 24.9 Å². The largest absolute Gasteiger partial charge is 0.354 e. The number of aromatic nitrogens is 3. The minimum absolute atomic E-state index is 0.0742. The van der Waals surface area contributed by atoms with Crippen LogP contribution in [0.2, 0.25) is 5.02 Å². The number of amides is 2. The second-order valence-corrected chi connectivity index (χ2v) is 9.68. The zero-order chi connectivity index (χ0) is 26.4. The molecule has 0 saturated carbocycles. The number of hydrogen-bond donors (Lipinski definition) is 1. The van der Waals surface area contributed by atoms with Gasteiger partial charge >= 0.3 is 0 Å². The minimum Gasteiger partial charge on any atom is -0.354 e. The SMILES string of the molecule is CC(C)CCNC(=O)[C@@H](c1ccc(F)cc1)N(Cc1ccccc1Cl)C(=O)Cn1nnc2ccccc21. The van der Waals surface area contributed by atoms with Crippen LogP contribution >= 0.6 is 11.6 Å². The van der Waals surface area contributed by atoms with Crippen LogP contribution in [-0.2, 0) is 22.7 Å². The third-order valence-electron chi connectivity index (χ3n) is 6.09. The number of rotatable bonds is 10. The average molecular weight is 522 g/mol. The van der Waals surface area contributed by atoms with Crippen LogP contribution in [0.15, 0.2) is 72.8 Å². The molecule has 0 fully saturated rings. The van der Waals surface area contributed by atoms with Gasteiger partial charge < -0.3 is 10.2 Å². The van der Waals surface area contributed by atoms with E-state index in [4.69, 9.17) is 11.6 Å². The molecule has 0 bridgehead atoms. The highest BCUT2D eigenvalue weighted by molar-refractivity contribution is 6.31. The quantitative estimate of drug-likeness (QED) is 0.313. The third kappa shape index (κ3) is 6.51. The van der Waals surface area contributed by atoms with Crippen LogP contribution in [0.4, 0.5) is 4.39 Å². The molecule has 0 spiro atoms. The van der Waals surface area contributed by atoms with Gasteiger partial charge in [0.15, 0.2) is 0 Å². The van der Waals surface area contributed by atoms with Crippen molar-refractivity contribution in [2.24, 2.45) is 5.92 Å². The average Bonchev–Trinajstić information content (AvgIpc) is 3.28. The summed E-state index contributed by atoms with van der Waals surface area (Å²) in [4.78, 5) is 28.9. The Morgan fingerprint density at radius 1 is 1.03 bits per heavy atom. The van der Waals surface area contributed by atoms with Crippen LogP contribution < -0.4 is 5.32 Å². The van der Waals surface area contributed by atoms with Gasteiger partial charge in [-0.05, 0) is 53.8 Å². The van der Waals surface area contributed by atoms with Gasteiger partial charge in [0.25, 0.3) is 0 Å². The van der Waals surface area contributed by atoms with Gasteiger partial charge in [-0.1, -0.05) is 73.1 Å². The standard InChI is InChI=1S/C28H29ClFN5O2/c1-19(2)15-16-31-28(37)27(20-11-13-22(30)14-12-20)34(17-21-7-3-4-8-23(21)29)26(36)18-35-25-10-6-5-9-24(25)32-33-35/h3-14,19,27H,15-18H2,1-2H3,(H,31,37)/t27-/m1/s1. The lowest BCUT2D eigenvalue weighted by molar-refractivity contribution is -0.142. The van der Waals surface area contributed by atoms with Gasteiger partial charge in [-0.3, -0.25) is 9.59 Å². The van der Waals surface area contributed by atoms with Crippen molar-refractivity contribution in [3.63, 3.8) is 0 Å². The topological polar surface area (TPSA) is 80.1 Å². The molecule has 0 aliphatic heterocycles. The molecule has 3 aromatic carbocycles. The first kappa shape index (κ1) is 26.3. The van der Waals surface area contributed by atoms with E-state index in [0.29, 0.717) is 39.6 Å². The molecule has 1 heterocycles. The van der Waals surface area contributed by atoms with E-state index in [2.05, 4.69) is 29.5 Å². The minimum atomic E-state index is -1.01. The summed E-state index contributed by atoms with van der Waals surface area (Å²) in [5.74, 6) is -0.744. The fourth-order valence-corrected chi connectivity index (χ4v) is 4.28. The Bertz CT molecular complexity index is 1370. The lowest BCUT2D eigenvalue weighted by atomic mass is 10.0. The summed E-state index contributed by atoms with van der Waals surface area (Å²) in [6.45, 7) is 4.53. The number of para-hydroxylation sites is 1. The Balaban J connectivity index is 1.73.